The normalized spacial score (nSPS) is 14.1. The predicted molar refractivity (Wildman–Crippen MR) is 446 cm³/mol. The van der Waals surface area contributed by atoms with E-state index in [-0.39, 0.29) is 56.9 Å². The summed E-state index contributed by atoms with van der Waals surface area (Å²) in [4.78, 5) is 78.6. The number of carbonyl (C=O) groups excluding carboxylic acids is 6. The summed E-state index contributed by atoms with van der Waals surface area (Å²) >= 11 is 0. The molecule has 3 heterocycles. The van der Waals surface area contributed by atoms with Gasteiger partial charge in [-0.05, 0) is 218 Å². The van der Waals surface area contributed by atoms with E-state index >= 15 is 0 Å². The van der Waals surface area contributed by atoms with Gasteiger partial charge in [-0.25, -0.2) is 19.4 Å². The van der Waals surface area contributed by atoms with Crippen LogP contribution in [0.25, 0.3) is 17.1 Å². The Morgan fingerprint density at radius 2 is 0.974 bits per heavy atom. The van der Waals surface area contributed by atoms with E-state index in [0.717, 1.165) is 144 Å². The molecule has 2 fully saturated rings. The highest BCUT2D eigenvalue weighted by Crippen LogP contribution is 2.33. The number of carbonyl (C=O) groups is 6. The van der Waals surface area contributed by atoms with Crippen LogP contribution < -0.4 is 49.3 Å². The Balaban J connectivity index is 0.000000252. The van der Waals surface area contributed by atoms with Crippen LogP contribution in [-0.2, 0) is 42.8 Å². The quantitative estimate of drug-likeness (QED) is 0.0145. The predicted octanol–water partition coefficient (Wildman–Crippen LogP) is 17.2. The van der Waals surface area contributed by atoms with Gasteiger partial charge in [-0.2, -0.15) is 0 Å². The number of aromatic amines is 1. The van der Waals surface area contributed by atoms with Crippen molar-refractivity contribution in [3.8, 4) is 34.5 Å². The topological polar surface area (TPSA) is 301 Å². The molecule has 10 rings (SSSR count). The lowest BCUT2D eigenvalue weighted by Gasteiger charge is -2.35. The van der Waals surface area contributed by atoms with Crippen LogP contribution in [0.4, 0.5) is 15.3 Å². The first kappa shape index (κ1) is 94.6. The third-order valence-corrected chi connectivity index (χ3v) is 16.1. The first-order chi connectivity index (χ1) is 55.4. The number of aliphatic hydroxyl groups excluding tert-OH is 1. The van der Waals surface area contributed by atoms with Crippen LogP contribution in [0.2, 0.25) is 0 Å². The van der Waals surface area contributed by atoms with Crippen LogP contribution in [0, 0.1) is 0 Å². The maximum absolute atomic E-state index is 12.6. The Morgan fingerprint density at radius 3 is 1.39 bits per heavy atom. The number of fused-ring (bicyclic) bond motifs is 1. The number of hydrogen-bond donors (Lipinski definition) is 5. The van der Waals surface area contributed by atoms with Crippen LogP contribution in [-0.4, -0.2) is 155 Å². The monoisotopic (exact) mass is 1590 g/mol. The number of aliphatic hydroxyl groups is 1. The van der Waals surface area contributed by atoms with Gasteiger partial charge in [-0.1, -0.05) is 115 Å². The van der Waals surface area contributed by atoms with E-state index < -0.39 is 41.4 Å². The average Bonchev–Trinajstić information content (AvgIpc) is 1.69. The van der Waals surface area contributed by atoms with E-state index in [9.17, 15) is 33.9 Å². The molecular formula is C90H120N6O19. The van der Waals surface area contributed by atoms with Gasteiger partial charge in [0.05, 0.1) is 114 Å². The maximum atomic E-state index is 12.6. The van der Waals surface area contributed by atoms with Gasteiger partial charge >= 0.3 is 18.2 Å². The zero-order valence-corrected chi connectivity index (χ0v) is 69.2. The molecule has 624 valence electrons. The number of ether oxygens (including phenoxy) is 12. The number of imidazole rings is 1. The van der Waals surface area contributed by atoms with Crippen molar-refractivity contribution in [1.29, 1.82) is 0 Å². The molecular weight excluding hydrogens is 1470 g/mol. The Morgan fingerprint density at radius 1 is 0.557 bits per heavy atom. The second-order valence-corrected chi connectivity index (χ2v) is 28.3. The maximum Gasteiger partial charge on any atom is 0.408 e. The highest BCUT2D eigenvalue weighted by atomic mass is 16.6. The number of H-pyrrole nitrogens is 1. The number of morpholine rings is 2. The van der Waals surface area contributed by atoms with E-state index in [1.54, 1.807) is 79.1 Å². The molecule has 2 saturated heterocycles. The molecule has 7 aromatic carbocycles. The molecule has 0 aliphatic carbocycles. The summed E-state index contributed by atoms with van der Waals surface area (Å²) in [5, 5.41) is 17.8. The number of nitrogens with one attached hydrogen (secondary N) is 4. The highest BCUT2D eigenvalue weighted by molar-refractivity contribution is 5.97. The summed E-state index contributed by atoms with van der Waals surface area (Å²) in [7, 11) is 0. The van der Waals surface area contributed by atoms with Gasteiger partial charge in [0.15, 0.2) is 0 Å². The van der Waals surface area contributed by atoms with Crippen molar-refractivity contribution in [2.24, 2.45) is 0 Å². The van der Waals surface area contributed by atoms with Crippen molar-refractivity contribution in [2.75, 3.05) is 97.4 Å². The molecule has 4 amide bonds. The minimum Gasteiger partial charge on any atom is -0.494 e. The minimum atomic E-state index is -0.613. The Labute approximate surface area is 678 Å². The fourth-order valence-corrected chi connectivity index (χ4v) is 10.6. The Bertz CT molecular complexity index is 4030. The molecule has 1 aromatic heterocycles. The zero-order chi connectivity index (χ0) is 83.8. The molecule has 115 heavy (non-hydrogen) atoms. The first-order valence-electron chi connectivity index (χ1n) is 39.4. The standard InChI is InChI=1S/C20H21N3O3.C20H31NO6.C16H25NO4.C13H17NO3.C11H14O.C10H12O2/c1-2-9-26-16-6-3-14(4-7-16)19-11-25-12-20(24)23(19)15-5-8-17-18(10-15)22-13-21-17;1-6-12-26-16-10-8-15(9-11-16)17(13-24-14-18(22)25-7-2)21-19(23)27-20(3,4)5;1-5-10-20-13-8-6-12(7-9-13)14(11-18)17-15(19)21-16(2,3)4;1-2-7-17-11-5-3-10(4-6-11)12-8-16-9-13(15)14-12;1-3-9-12-11-7-5-10(4-2)6-8-11;1-2-7-12-10-5-3-9(8-11)4-6-10/h3-8,10,13,19H,2,9,11-12H2,1H3,(H,21,22);8-11,17H,6-7,12-14H2,1-5H3,(H,21,23);6-9,14,18H,5,10-11H2,1-4H3,(H,17,19);3-6,12H,2,7-9H2,1H3,(H,14,15);4-8H,2-3,9H2,1H3;3-6,8H,2,7H2,1H3/t19-;17-;14-;12-;;/m1111../s1. The van der Waals surface area contributed by atoms with Gasteiger partial charge in [-0.15, -0.1) is 0 Å². The van der Waals surface area contributed by atoms with Crippen LogP contribution in [0.3, 0.4) is 0 Å². The molecule has 5 N–H and O–H groups in total. The zero-order valence-electron chi connectivity index (χ0n) is 69.2. The van der Waals surface area contributed by atoms with Gasteiger partial charge in [-0.3, -0.25) is 14.4 Å². The van der Waals surface area contributed by atoms with Crippen LogP contribution >= 0.6 is 0 Å². The summed E-state index contributed by atoms with van der Waals surface area (Å²) < 4.78 is 64.4. The summed E-state index contributed by atoms with van der Waals surface area (Å²) in [5.74, 6) is 4.42. The lowest BCUT2D eigenvalue weighted by Crippen LogP contribution is -2.44. The Hall–Kier alpha value is -11.0. The van der Waals surface area contributed by atoms with Crippen molar-refractivity contribution >= 4 is 59.1 Å². The molecule has 0 radical (unpaired) electrons. The van der Waals surface area contributed by atoms with Gasteiger partial charge in [0, 0.05) is 11.3 Å². The van der Waals surface area contributed by atoms with Crippen molar-refractivity contribution < 1.29 is 90.7 Å². The van der Waals surface area contributed by atoms with Crippen molar-refractivity contribution in [1.82, 2.24) is 25.9 Å². The van der Waals surface area contributed by atoms with Crippen molar-refractivity contribution in [3.63, 3.8) is 0 Å². The Kier molecular flexibility index (Phi) is 43.1. The minimum absolute atomic E-state index is 0.0449. The van der Waals surface area contributed by atoms with E-state index in [1.165, 1.54) is 0 Å². The fourth-order valence-electron chi connectivity index (χ4n) is 10.6. The van der Waals surface area contributed by atoms with Crippen LogP contribution in [0.15, 0.2) is 177 Å². The van der Waals surface area contributed by atoms with Gasteiger partial charge in [0.2, 0.25) is 5.91 Å². The van der Waals surface area contributed by atoms with Crippen LogP contribution in [0.5, 0.6) is 34.5 Å². The lowest BCUT2D eigenvalue weighted by atomic mass is 10.0. The number of aromatic nitrogens is 2. The third kappa shape index (κ3) is 36.8. The summed E-state index contributed by atoms with van der Waals surface area (Å²) in [6, 6.07) is 50.0. The summed E-state index contributed by atoms with van der Waals surface area (Å²) in [6.07, 6.45) is 9.07. The number of hydrogen-bond acceptors (Lipinski definition) is 20. The molecule has 0 bridgehead atoms. The fraction of sp³-hybridized carbons (Fsp3) is 0.433. The molecule has 0 saturated carbocycles. The number of amides is 4. The van der Waals surface area contributed by atoms with Gasteiger partial charge in [0.1, 0.15) is 71.8 Å². The lowest BCUT2D eigenvalue weighted by molar-refractivity contribution is -0.148. The molecule has 2 aliphatic heterocycles. The number of aldehydes is 1. The summed E-state index contributed by atoms with van der Waals surface area (Å²) in [6.45, 7) is 34.0. The van der Waals surface area contributed by atoms with Crippen LogP contribution in [0.1, 0.15) is 191 Å². The second-order valence-electron chi connectivity index (χ2n) is 28.3. The largest absolute Gasteiger partial charge is 0.494 e. The van der Waals surface area contributed by atoms with Gasteiger partial charge in [0.25, 0.3) is 5.91 Å². The van der Waals surface area contributed by atoms with E-state index in [2.05, 4.69) is 60.2 Å². The van der Waals surface area contributed by atoms with E-state index in [1.807, 2.05) is 164 Å². The van der Waals surface area contributed by atoms with E-state index in [0.29, 0.717) is 45.2 Å². The molecule has 2 aliphatic rings. The number of esters is 1. The first-order valence-corrected chi connectivity index (χ1v) is 39.4. The highest BCUT2D eigenvalue weighted by Gasteiger charge is 2.32. The van der Waals surface area contributed by atoms with Gasteiger partial charge < -0.3 is 87.8 Å². The molecule has 8 aromatic rings. The number of anilines is 1. The molecule has 25 heteroatoms. The smallest absolute Gasteiger partial charge is 0.408 e. The molecule has 0 spiro atoms. The third-order valence-electron chi connectivity index (χ3n) is 16.1. The number of alkyl carbamates (subject to hydrolysis) is 2. The SMILES string of the molecule is C=Cc1ccc(OCCC)cc1.CCCOc1ccc(C=O)cc1.CCCOc1ccc([C@@H](CO)NC(=O)OC(C)(C)C)cc1.CCCOc1ccc([C@@H](COCC(=O)OCC)NC(=O)OC(C)(C)C)cc1.CCCOc1ccc([C@H]2COCC(=O)N2)cc1.CCCOc1ccc([C@H]2COCC(=O)N2c2ccc3nc[nH]c3c2)cc1. The number of nitrogens with zero attached hydrogens (tertiary/aromatic N) is 2. The van der Waals surface area contributed by atoms with Crippen molar-refractivity contribution in [3.05, 3.63) is 210 Å². The molecule has 4 atom stereocenters. The van der Waals surface area contributed by atoms with E-state index in [4.69, 9.17) is 56.8 Å². The second kappa shape index (κ2) is 52.4. The molecule has 0 unspecified atom stereocenters. The summed E-state index contributed by atoms with van der Waals surface area (Å²) in [5.41, 5.74) is 6.92. The number of benzene rings is 7. The number of rotatable bonds is 33. The molecule has 25 nitrogen and oxygen atoms in total. The van der Waals surface area contributed by atoms with Crippen molar-refractivity contribution in [2.45, 2.75) is 164 Å². The average molecular weight is 1590 g/mol.